The van der Waals surface area contributed by atoms with Gasteiger partial charge in [-0.1, -0.05) is 25.7 Å². The Morgan fingerprint density at radius 3 is 1.50 bits per heavy atom. The lowest BCUT2D eigenvalue weighted by Gasteiger charge is -2.65. The Kier molecular flexibility index (Phi) is 1.62. The Balaban J connectivity index is 1.67. The first-order valence-electron chi connectivity index (χ1n) is 6.95. The second-order valence-corrected chi connectivity index (χ2v) is 6.44. The van der Waals surface area contributed by atoms with Crippen LogP contribution in [0.25, 0.3) is 0 Å². The highest BCUT2D eigenvalue weighted by molar-refractivity contribution is 5.07. The summed E-state index contributed by atoms with van der Waals surface area (Å²) in [5.41, 5.74) is 0. The summed E-state index contributed by atoms with van der Waals surface area (Å²) in [5.74, 6) is 7.25. The van der Waals surface area contributed by atoms with Gasteiger partial charge < -0.3 is 0 Å². The van der Waals surface area contributed by atoms with E-state index in [1.807, 2.05) is 0 Å². The van der Waals surface area contributed by atoms with Crippen molar-refractivity contribution in [1.82, 2.24) is 0 Å². The zero-order valence-corrected chi connectivity index (χ0v) is 9.12. The van der Waals surface area contributed by atoms with Crippen LogP contribution in [-0.2, 0) is 0 Å². The molecule has 78 valence electrons. The highest BCUT2D eigenvalue weighted by Crippen LogP contribution is 2.66. The van der Waals surface area contributed by atoms with E-state index in [2.05, 4.69) is 0 Å². The lowest BCUT2D eigenvalue weighted by Crippen LogP contribution is -2.58. The summed E-state index contributed by atoms with van der Waals surface area (Å²) in [5, 5.41) is 0. The summed E-state index contributed by atoms with van der Waals surface area (Å²) in [4.78, 5) is 0. The third-order valence-corrected chi connectivity index (χ3v) is 6.20. The molecule has 0 spiro atoms. The fourth-order valence-electron chi connectivity index (χ4n) is 5.86. The second-order valence-electron chi connectivity index (χ2n) is 6.44. The van der Waals surface area contributed by atoms with E-state index in [0.29, 0.717) is 0 Å². The van der Waals surface area contributed by atoms with Gasteiger partial charge in [0.15, 0.2) is 0 Å². The number of hydrogen-bond donors (Lipinski definition) is 0. The molecule has 0 aromatic heterocycles. The van der Waals surface area contributed by atoms with Crippen LogP contribution in [0.5, 0.6) is 0 Å². The van der Waals surface area contributed by atoms with Crippen molar-refractivity contribution in [2.45, 2.75) is 51.4 Å². The van der Waals surface area contributed by atoms with Crippen molar-refractivity contribution in [1.29, 1.82) is 0 Å². The highest BCUT2D eigenvalue weighted by atomic mass is 14.6. The molecule has 0 nitrogen and oxygen atoms in total. The predicted molar refractivity (Wildman–Crippen MR) is 57.9 cm³/mol. The maximum atomic E-state index is 1.61. The number of hydrogen-bond acceptors (Lipinski definition) is 0. The molecule has 6 atom stereocenters. The maximum Gasteiger partial charge on any atom is -0.0321 e. The molecular formula is C14H22. The first-order valence-corrected chi connectivity index (χ1v) is 6.95. The van der Waals surface area contributed by atoms with E-state index in [9.17, 15) is 0 Å². The average Bonchev–Trinajstić information content (AvgIpc) is 2.24. The first kappa shape index (κ1) is 8.19. The quantitative estimate of drug-likeness (QED) is 0.544. The minimum atomic E-state index is 1.18. The average molecular weight is 190 g/mol. The van der Waals surface area contributed by atoms with Crippen molar-refractivity contribution in [3.8, 4) is 0 Å². The maximum absolute atomic E-state index is 1.61. The molecule has 0 aromatic carbocycles. The van der Waals surface area contributed by atoms with Crippen LogP contribution < -0.4 is 0 Å². The molecule has 0 aliphatic heterocycles. The van der Waals surface area contributed by atoms with Crippen LogP contribution in [0.3, 0.4) is 0 Å². The molecule has 0 bridgehead atoms. The molecular weight excluding hydrogens is 168 g/mol. The Hall–Kier alpha value is 0. The van der Waals surface area contributed by atoms with Gasteiger partial charge in [0.1, 0.15) is 0 Å². The van der Waals surface area contributed by atoms with Crippen molar-refractivity contribution < 1.29 is 0 Å². The minimum Gasteiger partial charge on any atom is -0.0527 e. The van der Waals surface area contributed by atoms with Gasteiger partial charge in [0.25, 0.3) is 0 Å². The molecule has 0 N–H and O–H groups in total. The molecule has 6 unspecified atom stereocenters. The van der Waals surface area contributed by atoms with E-state index in [1.54, 1.807) is 51.4 Å². The number of fused-ring (bicyclic) bond motifs is 1. The summed E-state index contributed by atoms with van der Waals surface area (Å²) in [6.07, 6.45) is 12.8. The Morgan fingerprint density at radius 2 is 1.00 bits per heavy atom. The molecule has 14 heavy (non-hydrogen) atoms. The van der Waals surface area contributed by atoms with E-state index >= 15 is 0 Å². The lowest BCUT2D eigenvalue weighted by molar-refractivity contribution is -0.165. The van der Waals surface area contributed by atoms with E-state index in [-0.39, 0.29) is 0 Å². The molecule has 0 amide bonds. The molecule has 4 rings (SSSR count). The summed E-state index contributed by atoms with van der Waals surface area (Å²) < 4.78 is 0. The summed E-state index contributed by atoms with van der Waals surface area (Å²) in [6, 6.07) is 0. The molecule has 4 aliphatic rings. The van der Waals surface area contributed by atoms with Crippen LogP contribution in [0.15, 0.2) is 0 Å². The van der Waals surface area contributed by atoms with Gasteiger partial charge in [0.2, 0.25) is 0 Å². The van der Waals surface area contributed by atoms with Crippen molar-refractivity contribution in [3.05, 3.63) is 0 Å². The molecule has 0 heteroatoms. The minimum absolute atomic E-state index is 1.18. The van der Waals surface area contributed by atoms with Gasteiger partial charge in [-0.15, -0.1) is 0 Å². The monoisotopic (exact) mass is 190 g/mol. The predicted octanol–water partition coefficient (Wildman–Crippen LogP) is 3.86. The smallest absolute Gasteiger partial charge is 0.0321 e. The first-order chi connectivity index (χ1) is 6.95. The van der Waals surface area contributed by atoms with Gasteiger partial charge in [0, 0.05) is 0 Å². The van der Waals surface area contributed by atoms with Crippen LogP contribution in [0.1, 0.15) is 51.4 Å². The van der Waals surface area contributed by atoms with Crippen molar-refractivity contribution in [2.24, 2.45) is 35.5 Å². The van der Waals surface area contributed by atoms with E-state index < -0.39 is 0 Å². The largest absolute Gasteiger partial charge is 0.0527 e. The van der Waals surface area contributed by atoms with Gasteiger partial charge in [-0.2, -0.15) is 0 Å². The highest BCUT2D eigenvalue weighted by Gasteiger charge is 2.58. The molecule has 4 saturated carbocycles. The van der Waals surface area contributed by atoms with Crippen LogP contribution in [0.2, 0.25) is 0 Å². The van der Waals surface area contributed by atoms with E-state index in [0.717, 1.165) is 0 Å². The van der Waals surface area contributed by atoms with Gasteiger partial charge in [-0.05, 0) is 61.2 Å². The summed E-state index contributed by atoms with van der Waals surface area (Å²) in [7, 11) is 0. The second kappa shape index (κ2) is 2.77. The van der Waals surface area contributed by atoms with E-state index in [4.69, 9.17) is 0 Å². The topological polar surface area (TPSA) is 0 Å². The Labute approximate surface area is 87.5 Å². The molecule has 0 radical (unpaired) electrons. The number of rotatable bonds is 0. The zero-order valence-electron chi connectivity index (χ0n) is 9.12. The fraction of sp³-hybridized carbons (Fsp3) is 1.00. The normalized spacial score (nSPS) is 60.0. The van der Waals surface area contributed by atoms with Crippen LogP contribution in [0.4, 0.5) is 0 Å². The molecule has 0 saturated heterocycles. The van der Waals surface area contributed by atoms with Gasteiger partial charge >= 0.3 is 0 Å². The molecule has 0 heterocycles. The standard InChI is InChI=1S/C14H22/c1-3-9-7-8-10-4-2-6-12-11(5-1)13(9)14(10)12/h9-14H,1-8H2. The fourth-order valence-corrected chi connectivity index (χ4v) is 5.86. The van der Waals surface area contributed by atoms with Gasteiger partial charge in [-0.25, -0.2) is 0 Å². The molecule has 0 aromatic rings. The van der Waals surface area contributed by atoms with Crippen LogP contribution in [-0.4, -0.2) is 0 Å². The SMILES string of the molecule is C1CC2CCC3CCCC4C(C1)C2C34. The van der Waals surface area contributed by atoms with Crippen molar-refractivity contribution >= 4 is 0 Å². The lowest BCUT2D eigenvalue weighted by atomic mass is 9.40. The van der Waals surface area contributed by atoms with Crippen LogP contribution >= 0.6 is 0 Å². The van der Waals surface area contributed by atoms with Crippen molar-refractivity contribution in [3.63, 3.8) is 0 Å². The third-order valence-electron chi connectivity index (χ3n) is 6.20. The van der Waals surface area contributed by atoms with Crippen molar-refractivity contribution in [2.75, 3.05) is 0 Å². The third kappa shape index (κ3) is 0.864. The molecule has 4 fully saturated rings. The Bertz CT molecular complexity index is 218. The van der Waals surface area contributed by atoms with E-state index in [1.165, 1.54) is 35.5 Å². The summed E-state index contributed by atoms with van der Waals surface area (Å²) >= 11 is 0. The van der Waals surface area contributed by atoms with Gasteiger partial charge in [0.05, 0.1) is 0 Å². The van der Waals surface area contributed by atoms with Gasteiger partial charge in [-0.3, -0.25) is 0 Å². The zero-order chi connectivity index (χ0) is 9.12. The molecule has 4 aliphatic carbocycles. The van der Waals surface area contributed by atoms with Crippen LogP contribution in [0, 0.1) is 35.5 Å². The summed E-state index contributed by atoms with van der Waals surface area (Å²) in [6.45, 7) is 0. The Morgan fingerprint density at radius 1 is 0.500 bits per heavy atom.